The maximum absolute atomic E-state index is 2.34. The van der Waals surface area contributed by atoms with E-state index in [1.807, 2.05) is 19.4 Å². The van der Waals surface area contributed by atoms with Crippen molar-refractivity contribution >= 4 is 5.69 Å². The first kappa shape index (κ1) is 27.0. The molecule has 1 aromatic rings. The fourth-order valence-corrected chi connectivity index (χ4v) is 2.43. The first-order valence-corrected chi connectivity index (χ1v) is 8.03. The van der Waals surface area contributed by atoms with E-state index in [2.05, 4.69) is 53.1 Å². The van der Waals surface area contributed by atoms with Crippen molar-refractivity contribution in [3.63, 3.8) is 0 Å². The lowest BCUT2D eigenvalue weighted by atomic mass is 10.1. The van der Waals surface area contributed by atoms with Crippen LogP contribution in [-0.2, 0) is 0 Å². The number of quaternary nitrogens is 2. The quantitative estimate of drug-likeness (QED) is 0.366. The fraction of sp³-hybridized carbons (Fsp3) is 0.667. The van der Waals surface area contributed by atoms with E-state index < -0.39 is 0 Å². The van der Waals surface area contributed by atoms with Crippen LogP contribution in [0.15, 0.2) is 18.2 Å². The zero-order chi connectivity index (χ0) is 15.6. The van der Waals surface area contributed by atoms with Crippen LogP contribution in [0.2, 0.25) is 0 Å². The monoisotopic (exact) mass is 438 g/mol. The Morgan fingerprint density at radius 2 is 1.50 bits per heavy atom. The minimum absolute atomic E-state index is 0. The lowest BCUT2D eigenvalue weighted by molar-refractivity contribution is -0.597. The topological polar surface area (TPSA) is 16.6 Å². The van der Waals surface area contributed by atoms with E-state index in [1.54, 1.807) is 0 Å². The highest BCUT2D eigenvalue weighted by Crippen LogP contribution is 2.25. The van der Waals surface area contributed by atoms with Crippen LogP contribution in [0.1, 0.15) is 43.7 Å². The van der Waals surface area contributed by atoms with Gasteiger partial charge < -0.3 is 39.3 Å². The van der Waals surface area contributed by atoms with Gasteiger partial charge in [-0.2, -0.15) is 0 Å². The van der Waals surface area contributed by atoms with Crippen molar-refractivity contribution in [2.24, 2.45) is 0 Å². The molecular weight excluding hydrogens is 404 g/mol. The maximum atomic E-state index is 2.34. The van der Waals surface area contributed by atoms with E-state index in [1.165, 1.54) is 49.0 Å². The molecule has 0 fully saturated rings. The van der Waals surface area contributed by atoms with Gasteiger partial charge in [0.1, 0.15) is 5.69 Å². The molecule has 0 bridgehead atoms. The lowest BCUT2D eigenvalue weighted by Crippen LogP contribution is -3.00. The van der Waals surface area contributed by atoms with Gasteiger partial charge in [0.25, 0.3) is 0 Å². The third kappa shape index (κ3) is 10.8. The maximum Gasteiger partial charge on any atom is 0.135 e. The molecule has 0 aromatic heterocycles. The van der Waals surface area contributed by atoms with Gasteiger partial charge in [0.2, 0.25) is 0 Å². The van der Waals surface area contributed by atoms with Crippen molar-refractivity contribution in [3.05, 3.63) is 29.3 Å². The number of nitrogens with two attached hydrogens (primary N) is 1. The molecule has 0 aliphatic carbocycles. The number of rotatable bonds is 6. The highest BCUT2D eigenvalue weighted by Gasteiger charge is 2.20. The Morgan fingerprint density at radius 1 is 0.955 bits per heavy atom. The Morgan fingerprint density at radius 3 is 2.00 bits per heavy atom. The van der Waals surface area contributed by atoms with Gasteiger partial charge in [-0.05, 0) is 32.3 Å². The van der Waals surface area contributed by atoms with E-state index in [-0.39, 0.29) is 34.0 Å². The summed E-state index contributed by atoms with van der Waals surface area (Å²) in [5, 5.41) is 2.00. The van der Waals surface area contributed by atoms with E-state index >= 15 is 0 Å². The van der Waals surface area contributed by atoms with E-state index in [9.17, 15) is 0 Å². The summed E-state index contributed by atoms with van der Waals surface area (Å²) >= 11 is 0. The van der Waals surface area contributed by atoms with Crippen LogP contribution in [0.5, 0.6) is 0 Å². The summed E-state index contributed by atoms with van der Waals surface area (Å²) in [7, 11) is 8.65. The molecule has 1 rings (SSSR count). The average Bonchev–Trinajstić information content (AvgIpc) is 2.38. The van der Waals surface area contributed by atoms with Crippen LogP contribution in [-0.4, -0.2) is 34.7 Å². The minimum atomic E-state index is 0. The molecule has 0 heterocycles. The average molecular weight is 440 g/mol. The second kappa shape index (κ2) is 14.7. The fourth-order valence-electron chi connectivity index (χ4n) is 2.43. The third-order valence-electron chi connectivity index (χ3n) is 3.59. The van der Waals surface area contributed by atoms with Crippen LogP contribution in [0.25, 0.3) is 0 Å². The predicted molar refractivity (Wildman–Crippen MR) is 92.3 cm³/mol. The Balaban J connectivity index is -0.000000666. The van der Waals surface area contributed by atoms with E-state index in [0.29, 0.717) is 0 Å². The van der Waals surface area contributed by atoms with Gasteiger partial charge in [-0.25, -0.2) is 0 Å². The molecule has 0 aliphatic rings. The number of hydrogen-bond donors (Lipinski definition) is 1. The number of halogens is 2. The van der Waals surface area contributed by atoms with Gasteiger partial charge >= 0.3 is 0 Å². The lowest BCUT2D eigenvalue weighted by Gasteiger charge is -2.31. The molecule has 0 saturated heterocycles. The molecule has 4 heteroatoms. The molecule has 2 N–H and O–H groups in total. The van der Waals surface area contributed by atoms with Crippen LogP contribution in [0, 0.1) is 13.8 Å². The number of unbranched alkanes of at least 4 members (excludes halogenated alkanes) is 3. The summed E-state index contributed by atoms with van der Waals surface area (Å²) in [5.41, 5.74) is 4.25. The van der Waals surface area contributed by atoms with Crippen molar-refractivity contribution in [2.75, 3.05) is 34.7 Å². The van der Waals surface area contributed by atoms with Crippen LogP contribution < -0.4 is 43.8 Å². The molecule has 1 aromatic carbocycles. The summed E-state index contributed by atoms with van der Waals surface area (Å²) < 4.78 is 1.01. The zero-order valence-corrected chi connectivity index (χ0v) is 18.7. The molecular formula is C18H36Br2N2. The van der Waals surface area contributed by atoms with Crippen molar-refractivity contribution in [1.82, 2.24) is 4.48 Å². The minimum Gasteiger partial charge on any atom is -1.00 e. The molecule has 0 radical (unpaired) electrons. The van der Waals surface area contributed by atoms with Gasteiger partial charge in [0.05, 0.1) is 34.7 Å². The molecule has 0 unspecified atom stereocenters. The van der Waals surface area contributed by atoms with E-state index in [0.717, 1.165) is 4.48 Å². The summed E-state index contributed by atoms with van der Waals surface area (Å²) in [6, 6.07) is 6.79. The Bertz CT molecular complexity index is 379. The van der Waals surface area contributed by atoms with Crippen molar-refractivity contribution < 1.29 is 39.3 Å². The second-order valence-corrected chi connectivity index (χ2v) is 6.34. The summed E-state index contributed by atoms with van der Waals surface area (Å²) in [6.45, 7) is 7.91. The van der Waals surface area contributed by atoms with Crippen LogP contribution >= 0.6 is 0 Å². The van der Waals surface area contributed by atoms with Gasteiger partial charge in [0, 0.05) is 11.6 Å². The van der Waals surface area contributed by atoms with Crippen LogP contribution in [0.4, 0.5) is 5.69 Å². The highest BCUT2D eigenvalue weighted by atomic mass is 79.9. The summed E-state index contributed by atoms with van der Waals surface area (Å²) in [4.78, 5) is 0. The first-order chi connectivity index (χ1) is 9.38. The van der Waals surface area contributed by atoms with Gasteiger partial charge in [-0.15, -0.1) is 0 Å². The van der Waals surface area contributed by atoms with Gasteiger partial charge in [-0.1, -0.05) is 31.9 Å². The number of benzene rings is 1. The standard InChI is InChI=1S/C16H28N.C2H7N.2BrH/c1-6-7-8-9-12-17(4,5)16-13-14(2)10-11-15(16)3;1-3-2;;/h10-11,13H,6-9,12H2,1-5H3;3H,1-2H3;2*1H/q+1;;;/p-1. The molecule has 2 nitrogen and oxygen atoms in total. The molecule has 0 saturated carbocycles. The van der Waals surface area contributed by atoms with Gasteiger partial charge in [0.15, 0.2) is 0 Å². The largest absolute Gasteiger partial charge is 1.00 e. The molecule has 0 aliphatic heterocycles. The number of nitrogens with zero attached hydrogens (tertiary/aromatic N) is 1. The first-order valence-electron chi connectivity index (χ1n) is 8.03. The zero-order valence-electron chi connectivity index (χ0n) is 15.5. The third-order valence-corrected chi connectivity index (χ3v) is 3.59. The number of hydrogen-bond acceptors (Lipinski definition) is 0. The Labute approximate surface area is 159 Å². The van der Waals surface area contributed by atoms with Gasteiger partial charge in [-0.3, -0.25) is 4.48 Å². The van der Waals surface area contributed by atoms with Crippen molar-refractivity contribution in [1.29, 1.82) is 0 Å². The summed E-state index contributed by atoms with van der Waals surface area (Å²) in [5.74, 6) is 0. The molecule has 0 atom stereocenters. The second-order valence-electron chi connectivity index (χ2n) is 6.34. The SMILES string of the molecule is CCCCCC[N+](C)(C)c1cc(C)ccc1C.C[NH2+]C.[Br-].[Br-]. The van der Waals surface area contributed by atoms with E-state index in [4.69, 9.17) is 0 Å². The highest BCUT2D eigenvalue weighted by molar-refractivity contribution is 5.51. The molecule has 22 heavy (non-hydrogen) atoms. The molecule has 0 spiro atoms. The molecule has 0 amide bonds. The van der Waals surface area contributed by atoms with Crippen LogP contribution in [0.3, 0.4) is 0 Å². The van der Waals surface area contributed by atoms with Crippen molar-refractivity contribution in [3.8, 4) is 0 Å². The predicted octanol–water partition coefficient (Wildman–Crippen LogP) is -2.73. The number of aryl methyl sites for hydroxylation is 2. The molecule has 132 valence electrons. The Kier molecular flexibility index (Phi) is 18.0. The van der Waals surface area contributed by atoms with Crippen molar-refractivity contribution in [2.45, 2.75) is 46.5 Å². The Hall–Kier alpha value is 0.1000. The normalized spacial score (nSPS) is 9.95. The smallest absolute Gasteiger partial charge is 0.135 e. The summed E-state index contributed by atoms with van der Waals surface area (Å²) in [6.07, 6.45) is 5.38.